The third-order valence-electron chi connectivity index (χ3n) is 5.85. The van der Waals surface area contributed by atoms with Crippen molar-refractivity contribution in [3.05, 3.63) is 48.3 Å². The number of carbonyl (C=O) groups excluding carboxylic acids is 2. The fourth-order valence-corrected chi connectivity index (χ4v) is 3.87. The molecule has 0 bridgehead atoms. The van der Waals surface area contributed by atoms with Crippen LogP contribution >= 0.6 is 0 Å². The lowest BCUT2D eigenvalue weighted by molar-refractivity contribution is -0.165. The first-order valence-corrected chi connectivity index (χ1v) is 11.1. The summed E-state index contributed by atoms with van der Waals surface area (Å²) in [6.45, 7) is 0.594. The zero-order chi connectivity index (χ0) is 28.1. The van der Waals surface area contributed by atoms with Crippen molar-refractivity contribution in [3.63, 3.8) is 0 Å². The molecule has 3 aromatic heterocycles. The highest BCUT2D eigenvalue weighted by Gasteiger charge is 2.49. The topological polar surface area (TPSA) is 175 Å². The lowest BCUT2D eigenvalue weighted by Gasteiger charge is -2.37. The molecule has 2 amide bonds. The Hall–Kier alpha value is -4.64. The van der Waals surface area contributed by atoms with Crippen molar-refractivity contribution in [1.82, 2.24) is 24.9 Å². The van der Waals surface area contributed by atoms with Gasteiger partial charge in [-0.3, -0.25) is 14.5 Å². The molecule has 1 aliphatic heterocycles. The van der Waals surface area contributed by atoms with Crippen LogP contribution in [0.5, 0.6) is 0 Å². The number of nitrogens with zero attached hydrogens (tertiary/aromatic N) is 6. The molecule has 1 aliphatic rings. The van der Waals surface area contributed by atoms with Gasteiger partial charge in [-0.15, -0.1) is 5.10 Å². The molecule has 4 N–H and O–H groups in total. The number of amides is 2. The van der Waals surface area contributed by atoms with Gasteiger partial charge in [-0.1, -0.05) is 5.16 Å². The third kappa shape index (κ3) is 4.72. The monoisotopic (exact) mass is 550 g/mol. The van der Waals surface area contributed by atoms with Crippen LogP contribution in [0.15, 0.2) is 41.2 Å². The molecule has 4 heterocycles. The number of nitrogens with two attached hydrogens (primary N) is 1. The molecule has 4 aromatic rings. The van der Waals surface area contributed by atoms with Gasteiger partial charge in [-0.25, -0.2) is 19.0 Å². The number of carbonyl (C=O) groups is 2. The zero-order valence-electron chi connectivity index (χ0n) is 19.8. The van der Waals surface area contributed by atoms with E-state index in [1.54, 1.807) is 0 Å². The number of benzene rings is 1. The Balaban J connectivity index is 1.37. The van der Waals surface area contributed by atoms with Crippen LogP contribution in [0, 0.1) is 5.82 Å². The highest BCUT2D eigenvalue weighted by atomic mass is 19.4. The Morgan fingerprint density at radius 1 is 1.28 bits per heavy atom. The Labute approximate surface area is 215 Å². The minimum Gasteiger partial charge on any atom is -0.380 e. The van der Waals surface area contributed by atoms with E-state index in [-0.39, 0.29) is 30.2 Å². The molecule has 1 unspecified atom stereocenters. The fourth-order valence-electron chi connectivity index (χ4n) is 3.87. The Kier molecular flexibility index (Phi) is 6.18. The second-order valence-electron chi connectivity index (χ2n) is 8.60. The van der Waals surface area contributed by atoms with Crippen LogP contribution in [-0.4, -0.2) is 66.7 Å². The highest BCUT2D eigenvalue weighted by molar-refractivity contribution is 6.06. The van der Waals surface area contributed by atoms with Gasteiger partial charge in [0, 0.05) is 24.0 Å². The van der Waals surface area contributed by atoms with Crippen LogP contribution in [0.25, 0.3) is 16.8 Å². The average molecular weight is 550 g/mol. The van der Waals surface area contributed by atoms with Crippen LogP contribution in [0.4, 0.5) is 34.9 Å². The van der Waals surface area contributed by atoms with E-state index in [9.17, 15) is 32.3 Å². The van der Waals surface area contributed by atoms with E-state index in [1.165, 1.54) is 18.2 Å². The zero-order valence-corrected chi connectivity index (χ0v) is 19.8. The largest absolute Gasteiger partial charge is 0.451 e. The van der Waals surface area contributed by atoms with Gasteiger partial charge in [0.2, 0.25) is 5.82 Å². The van der Waals surface area contributed by atoms with Gasteiger partial charge in [-0.2, -0.15) is 13.2 Å². The Morgan fingerprint density at radius 2 is 2.05 bits per heavy atom. The van der Waals surface area contributed by atoms with E-state index in [2.05, 4.69) is 25.5 Å². The number of alkyl halides is 3. The molecule has 1 aromatic carbocycles. The summed E-state index contributed by atoms with van der Waals surface area (Å²) in [4.78, 5) is 33.5. The molecule has 17 heteroatoms. The molecule has 39 heavy (non-hydrogen) atoms. The molecule has 2 atom stereocenters. The summed E-state index contributed by atoms with van der Waals surface area (Å²) in [6.07, 6.45) is -5.08. The number of aromatic nitrogens is 5. The van der Waals surface area contributed by atoms with E-state index in [4.69, 9.17) is 15.0 Å². The molecule has 13 nitrogen and oxygen atoms in total. The van der Waals surface area contributed by atoms with E-state index >= 15 is 0 Å². The van der Waals surface area contributed by atoms with Crippen LogP contribution in [0.3, 0.4) is 0 Å². The summed E-state index contributed by atoms with van der Waals surface area (Å²) in [5.41, 5.74) is 3.67. The summed E-state index contributed by atoms with van der Waals surface area (Å²) >= 11 is 0. The van der Waals surface area contributed by atoms with Crippen LogP contribution in [-0.2, 0) is 20.5 Å². The second kappa shape index (κ2) is 9.28. The van der Waals surface area contributed by atoms with Gasteiger partial charge in [0.1, 0.15) is 0 Å². The maximum Gasteiger partial charge on any atom is 0.451 e. The van der Waals surface area contributed by atoms with E-state index in [1.807, 2.05) is 0 Å². The third-order valence-corrected chi connectivity index (χ3v) is 5.85. The molecule has 5 rings (SSSR count). The van der Waals surface area contributed by atoms with E-state index in [0.717, 1.165) is 30.3 Å². The summed E-state index contributed by atoms with van der Waals surface area (Å²) in [5, 5.41) is 21.4. The SMILES string of the molecule is CC(O)(C(=O)Nc1ccc2c(N)noc2c1)[C@H]1OCCN(c2nn(-c3ccnc(C(F)(F)F)n3)cc2F)C1=O. The lowest BCUT2D eigenvalue weighted by Crippen LogP contribution is -2.61. The number of hydrogen-bond acceptors (Lipinski definition) is 10. The maximum absolute atomic E-state index is 14.8. The quantitative estimate of drug-likeness (QED) is 0.310. The van der Waals surface area contributed by atoms with Crippen LogP contribution < -0.4 is 16.0 Å². The normalized spacial score (nSPS) is 17.8. The molecular weight excluding hydrogens is 532 g/mol. The smallest absolute Gasteiger partial charge is 0.380 e. The number of halogens is 4. The minimum absolute atomic E-state index is 0.145. The van der Waals surface area contributed by atoms with Crippen molar-refractivity contribution in [1.29, 1.82) is 0 Å². The number of morpholine rings is 1. The van der Waals surface area contributed by atoms with Gasteiger partial charge in [0.25, 0.3) is 11.8 Å². The minimum atomic E-state index is -4.85. The number of aliphatic hydroxyl groups is 1. The Morgan fingerprint density at radius 3 is 2.79 bits per heavy atom. The predicted molar refractivity (Wildman–Crippen MR) is 124 cm³/mol. The first-order chi connectivity index (χ1) is 18.4. The van der Waals surface area contributed by atoms with Gasteiger partial charge in [0.15, 0.2) is 40.6 Å². The lowest BCUT2D eigenvalue weighted by atomic mass is 9.95. The number of anilines is 3. The number of fused-ring (bicyclic) bond motifs is 1. The summed E-state index contributed by atoms with van der Waals surface area (Å²) in [6, 6.07) is 5.47. The van der Waals surface area contributed by atoms with Crippen molar-refractivity contribution in [2.75, 3.05) is 29.1 Å². The number of nitrogen functional groups attached to an aromatic ring is 1. The summed E-state index contributed by atoms with van der Waals surface area (Å²) < 4.78 is 64.9. The maximum atomic E-state index is 14.8. The van der Waals surface area contributed by atoms with E-state index in [0.29, 0.717) is 10.1 Å². The molecule has 1 fully saturated rings. The van der Waals surface area contributed by atoms with E-state index < -0.39 is 53.0 Å². The molecule has 0 aliphatic carbocycles. The Bertz CT molecular complexity index is 1580. The van der Waals surface area contributed by atoms with Crippen molar-refractivity contribution in [2.24, 2.45) is 0 Å². The molecule has 1 saturated heterocycles. The van der Waals surface area contributed by atoms with Gasteiger partial charge < -0.3 is 25.4 Å². The summed E-state index contributed by atoms with van der Waals surface area (Å²) in [5.74, 6) is -5.40. The molecule has 0 saturated carbocycles. The predicted octanol–water partition coefficient (Wildman–Crippen LogP) is 1.67. The van der Waals surface area contributed by atoms with Gasteiger partial charge >= 0.3 is 6.18 Å². The average Bonchev–Trinajstić information content (AvgIpc) is 3.45. The van der Waals surface area contributed by atoms with Crippen LogP contribution in [0.1, 0.15) is 12.7 Å². The fraction of sp³-hybridized carbons (Fsp3) is 0.273. The number of rotatable bonds is 5. The number of hydrogen-bond donors (Lipinski definition) is 3. The molecule has 204 valence electrons. The van der Waals surface area contributed by atoms with Crippen molar-refractivity contribution in [2.45, 2.75) is 24.8 Å². The molecule has 0 radical (unpaired) electrons. The van der Waals surface area contributed by atoms with Gasteiger partial charge in [-0.05, 0) is 19.1 Å². The second-order valence-corrected chi connectivity index (χ2v) is 8.60. The van der Waals surface area contributed by atoms with Crippen molar-refractivity contribution in [3.8, 4) is 5.82 Å². The van der Waals surface area contributed by atoms with Crippen molar-refractivity contribution >= 4 is 40.1 Å². The number of ether oxygens (including phenoxy) is 1. The summed E-state index contributed by atoms with van der Waals surface area (Å²) in [7, 11) is 0. The standard InChI is InChI=1S/C22H18F4N8O5/c1-21(37,20(36)29-10-2-3-11-13(8-10)39-32-16(11)27)15-18(35)33(6-7-38-15)17-12(23)9-34(31-17)14-4-5-28-19(30-14)22(24,25)26/h2-5,8-9,15,37H,6-7H2,1H3,(H2,27,32)(H,29,36)/t15-,21?/m0/s1. The first-order valence-electron chi connectivity index (χ1n) is 11.1. The first kappa shape index (κ1) is 26.0. The molecular formula is C22H18F4N8O5. The van der Waals surface area contributed by atoms with Gasteiger partial charge in [0.05, 0.1) is 24.7 Å². The van der Waals surface area contributed by atoms with Crippen LogP contribution in [0.2, 0.25) is 0 Å². The van der Waals surface area contributed by atoms with Crippen molar-refractivity contribution < 1.29 is 41.5 Å². The highest BCUT2D eigenvalue weighted by Crippen LogP contribution is 2.29. The number of nitrogens with one attached hydrogen (secondary N) is 1. The molecule has 0 spiro atoms.